The summed E-state index contributed by atoms with van der Waals surface area (Å²) in [6.45, 7) is 4.30. The molecule has 1 aromatic carbocycles. The first kappa shape index (κ1) is 16.5. The standard InChI is InChI=1S/C16H25NO3/c1-4-20-16(18)8-6-5-7-14(17)13-11-12(2)9-10-15(13)19-3/h9-11,14H,4-8,17H2,1-3H3. The summed E-state index contributed by atoms with van der Waals surface area (Å²) >= 11 is 0. The average molecular weight is 279 g/mol. The Morgan fingerprint density at radius 3 is 2.75 bits per heavy atom. The van der Waals surface area contributed by atoms with Gasteiger partial charge in [-0.05, 0) is 32.8 Å². The van der Waals surface area contributed by atoms with Crippen molar-refractivity contribution in [3.63, 3.8) is 0 Å². The van der Waals surface area contributed by atoms with Crippen LogP contribution in [0.25, 0.3) is 0 Å². The quantitative estimate of drug-likeness (QED) is 0.586. The molecule has 0 aliphatic carbocycles. The van der Waals surface area contributed by atoms with Crippen molar-refractivity contribution in [3.8, 4) is 5.75 Å². The Labute approximate surface area is 121 Å². The summed E-state index contributed by atoms with van der Waals surface area (Å²) in [5, 5.41) is 0. The molecule has 0 saturated heterocycles. The van der Waals surface area contributed by atoms with Crippen LogP contribution in [0, 0.1) is 6.92 Å². The highest BCUT2D eigenvalue weighted by Gasteiger charge is 2.12. The normalized spacial score (nSPS) is 12.0. The topological polar surface area (TPSA) is 61.5 Å². The Morgan fingerprint density at radius 2 is 2.10 bits per heavy atom. The van der Waals surface area contributed by atoms with E-state index in [-0.39, 0.29) is 12.0 Å². The fourth-order valence-electron chi connectivity index (χ4n) is 2.17. The lowest BCUT2D eigenvalue weighted by atomic mass is 9.98. The number of esters is 1. The van der Waals surface area contributed by atoms with Gasteiger partial charge in [-0.25, -0.2) is 0 Å². The first-order valence-electron chi connectivity index (χ1n) is 7.14. The SMILES string of the molecule is CCOC(=O)CCCCC(N)c1cc(C)ccc1OC. The third kappa shape index (κ3) is 5.21. The van der Waals surface area contributed by atoms with Crippen LogP contribution >= 0.6 is 0 Å². The van der Waals surface area contributed by atoms with Crippen molar-refractivity contribution in [2.45, 2.75) is 45.6 Å². The van der Waals surface area contributed by atoms with Crippen molar-refractivity contribution in [2.75, 3.05) is 13.7 Å². The first-order valence-corrected chi connectivity index (χ1v) is 7.14. The number of carbonyl (C=O) groups is 1. The lowest BCUT2D eigenvalue weighted by Crippen LogP contribution is -2.12. The second kappa shape index (κ2) is 8.59. The van der Waals surface area contributed by atoms with E-state index >= 15 is 0 Å². The molecule has 1 aromatic rings. The number of rotatable bonds is 8. The maximum Gasteiger partial charge on any atom is 0.305 e. The molecule has 0 aliphatic rings. The van der Waals surface area contributed by atoms with Crippen molar-refractivity contribution in [3.05, 3.63) is 29.3 Å². The number of ether oxygens (including phenoxy) is 2. The zero-order valence-electron chi connectivity index (χ0n) is 12.6. The van der Waals surface area contributed by atoms with Gasteiger partial charge >= 0.3 is 5.97 Å². The highest BCUT2D eigenvalue weighted by Crippen LogP contribution is 2.27. The summed E-state index contributed by atoms with van der Waals surface area (Å²) < 4.78 is 10.2. The lowest BCUT2D eigenvalue weighted by Gasteiger charge is -2.16. The minimum Gasteiger partial charge on any atom is -0.496 e. The number of hydrogen-bond acceptors (Lipinski definition) is 4. The zero-order valence-corrected chi connectivity index (χ0v) is 12.6. The first-order chi connectivity index (χ1) is 9.58. The molecule has 2 N–H and O–H groups in total. The molecular weight excluding hydrogens is 254 g/mol. The summed E-state index contributed by atoms with van der Waals surface area (Å²) in [4.78, 5) is 11.2. The Balaban J connectivity index is 2.45. The van der Waals surface area contributed by atoms with Crippen LogP contribution in [-0.2, 0) is 9.53 Å². The van der Waals surface area contributed by atoms with E-state index in [2.05, 4.69) is 6.07 Å². The van der Waals surface area contributed by atoms with Gasteiger partial charge in [-0.2, -0.15) is 0 Å². The van der Waals surface area contributed by atoms with E-state index in [1.807, 2.05) is 26.0 Å². The predicted molar refractivity (Wildman–Crippen MR) is 79.8 cm³/mol. The molecule has 0 aliphatic heterocycles. The second-order valence-electron chi connectivity index (χ2n) is 4.90. The molecule has 0 aromatic heterocycles. The van der Waals surface area contributed by atoms with Crippen molar-refractivity contribution in [2.24, 2.45) is 5.73 Å². The number of methoxy groups -OCH3 is 1. The van der Waals surface area contributed by atoms with Gasteiger partial charge in [0, 0.05) is 18.0 Å². The van der Waals surface area contributed by atoms with E-state index in [0.29, 0.717) is 13.0 Å². The fourth-order valence-corrected chi connectivity index (χ4v) is 2.17. The van der Waals surface area contributed by atoms with E-state index in [9.17, 15) is 4.79 Å². The van der Waals surface area contributed by atoms with Gasteiger partial charge in [0.1, 0.15) is 5.75 Å². The average Bonchev–Trinajstić information content (AvgIpc) is 2.43. The number of benzene rings is 1. The van der Waals surface area contributed by atoms with E-state index in [0.717, 1.165) is 30.6 Å². The molecule has 4 heteroatoms. The molecule has 0 heterocycles. The predicted octanol–water partition coefficient (Wildman–Crippen LogP) is 3.13. The largest absolute Gasteiger partial charge is 0.496 e. The lowest BCUT2D eigenvalue weighted by molar-refractivity contribution is -0.143. The molecule has 1 unspecified atom stereocenters. The van der Waals surface area contributed by atoms with Crippen LogP contribution in [0.2, 0.25) is 0 Å². The third-order valence-corrected chi connectivity index (χ3v) is 3.24. The smallest absolute Gasteiger partial charge is 0.305 e. The second-order valence-corrected chi connectivity index (χ2v) is 4.90. The highest BCUT2D eigenvalue weighted by atomic mass is 16.5. The van der Waals surface area contributed by atoms with Gasteiger partial charge < -0.3 is 15.2 Å². The van der Waals surface area contributed by atoms with Crippen LogP contribution in [0.15, 0.2) is 18.2 Å². The Morgan fingerprint density at radius 1 is 1.35 bits per heavy atom. The van der Waals surface area contributed by atoms with Crippen molar-refractivity contribution >= 4 is 5.97 Å². The van der Waals surface area contributed by atoms with E-state index in [1.165, 1.54) is 5.56 Å². The monoisotopic (exact) mass is 279 g/mol. The third-order valence-electron chi connectivity index (χ3n) is 3.24. The number of hydrogen-bond donors (Lipinski definition) is 1. The van der Waals surface area contributed by atoms with E-state index < -0.39 is 0 Å². The van der Waals surface area contributed by atoms with Crippen molar-refractivity contribution in [1.29, 1.82) is 0 Å². The molecule has 1 atom stereocenters. The molecule has 1 rings (SSSR count). The van der Waals surface area contributed by atoms with Crippen molar-refractivity contribution in [1.82, 2.24) is 0 Å². The molecule has 20 heavy (non-hydrogen) atoms. The van der Waals surface area contributed by atoms with Gasteiger partial charge in [0.25, 0.3) is 0 Å². The zero-order chi connectivity index (χ0) is 15.0. The number of carbonyl (C=O) groups excluding carboxylic acids is 1. The van der Waals surface area contributed by atoms with Crippen molar-refractivity contribution < 1.29 is 14.3 Å². The van der Waals surface area contributed by atoms with Gasteiger partial charge in [0.05, 0.1) is 13.7 Å². The van der Waals surface area contributed by atoms with Crippen LogP contribution in [0.4, 0.5) is 0 Å². The van der Waals surface area contributed by atoms with Crippen LogP contribution in [0.1, 0.15) is 49.8 Å². The van der Waals surface area contributed by atoms with Gasteiger partial charge in [0.15, 0.2) is 0 Å². The molecule has 0 fully saturated rings. The van der Waals surface area contributed by atoms with Gasteiger partial charge in [0.2, 0.25) is 0 Å². The molecule has 0 amide bonds. The minimum atomic E-state index is -0.130. The number of aryl methyl sites for hydroxylation is 1. The molecule has 0 bridgehead atoms. The molecule has 4 nitrogen and oxygen atoms in total. The Bertz CT molecular complexity index is 432. The van der Waals surface area contributed by atoms with Gasteiger partial charge in [-0.1, -0.05) is 24.1 Å². The van der Waals surface area contributed by atoms with Crippen LogP contribution in [0.5, 0.6) is 5.75 Å². The minimum absolute atomic E-state index is 0.0629. The summed E-state index contributed by atoms with van der Waals surface area (Å²) in [5.74, 6) is 0.697. The maximum absolute atomic E-state index is 11.2. The van der Waals surface area contributed by atoms with E-state index in [1.54, 1.807) is 7.11 Å². The number of nitrogens with two attached hydrogens (primary N) is 1. The van der Waals surface area contributed by atoms with E-state index in [4.69, 9.17) is 15.2 Å². The van der Waals surface area contributed by atoms with Crippen LogP contribution < -0.4 is 10.5 Å². The molecule has 0 spiro atoms. The summed E-state index contributed by atoms with van der Waals surface area (Å²) in [6, 6.07) is 5.96. The molecular formula is C16H25NO3. The molecule has 0 saturated carbocycles. The van der Waals surface area contributed by atoms with Gasteiger partial charge in [-0.3, -0.25) is 4.79 Å². The fraction of sp³-hybridized carbons (Fsp3) is 0.562. The summed E-state index contributed by atoms with van der Waals surface area (Å²) in [7, 11) is 1.65. The molecule has 0 radical (unpaired) electrons. The number of unbranched alkanes of at least 4 members (excludes halogenated alkanes) is 1. The highest BCUT2D eigenvalue weighted by molar-refractivity contribution is 5.69. The van der Waals surface area contributed by atoms with Crippen LogP contribution in [-0.4, -0.2) is 19.7 Å². The summed E-state index contributed by atoms with van der Waals surface area (Å²) in [6.07, 6.45) is 3.00. The Hall–Kier alpha value is -1.55. The van der Waals surface area contributed by atoms with Gasteiger partial charge in [-0.15, -0.1) is 0 Å². The van der Waals surface area contributed by atoms with Crippen LogP contribution in [0.3, 0.4) is 0 Å². The Kier molecular flexibility index (Phi) is 7.09. The molecule has 112 valence electrons. The summed E-state index contributed by atoms with van der Waals surface area (Å²) in [5.41, 5.74) is 8.42. The maximum atomic E-state index is 11.2.